The molecule has 7 heteroatoms. The molecule has 0 spiro atoms. The average Bonchev–Trinajstić information content (AvgIpc) is 2.50. The van der Waals surface area contributed by atoms with E-state index in [1.165, 1.54) is 0 Å². The van der Waals surface area contributed by atoms with Gasteiger partial charge in [-0.3, -0.25) is 9.59 Å². The van der Waals surface area contributed by atoms with Crippen molar-refractivity contribution in [3.8, 4) is 0 Å². The summed E-state index contributed by atoms with van der Waals surface area (Å²) in [7, 11) is 0. The van der Waals surface area contributed by atoms with Crippen LogP contribution in [0, 0.1) is 5.92 Å². The van der Waals surface area contributed by atoms with Crippen molar-refractivity contribution in [2.75, 3.05) is 13.2 Å². The van der Waals surface area contributed by atoms with E-state index < -0.39 is 17.9 Å². The molecule has 1 rings (SSSR count). The van der Waals surface area contributed by atoms with Gasteiger partial charge in [0, 0.05) is 13.0 Å². The second-order valence-electron chi connectivity index (χ2n) is 6.39. The molecule has 23 heavy (non-hydrogen) atoms. The fraction of sp³-hybridized carbons (Fsp3) is 0.812. The maximum Gasteiger partial charge on any atom is 0.326 e. The first kappa shape index (κ1) is 19.4. The second kappa shape index (κ2) is 10.2. The smallest absolute Gasteiger partial charge is 0.326 e. The predicted octanol–water partition coefficient (Wildman–Crippen LogP) is 1.07. The van der Waals surface area contributed by atoms with Crippen LogP contribution in [0.3, 0.4) is 0 Å². The summed E-state index contributed by atoms with van der Waals surface area (Å²) in [5.41, 5.74) is 0. The van der Waals surface area contributed by atoms with Gasteiger partial charge < -0.3 is 20.5 Å². The number of ether oxygens (including phenoxy) is 1. The van der Waals surface area contributed by atoms with Crippen LogP contribution in [-0.2, 0) is 19.1 Å². The number of rotatable bonds is 9. The molecule has 0 aromatic carbocycles. The molecule has 7 nitrogen and oxygen atoms in total. The van der Waals surface area contributed by atoms with Crippen LogP contribution in [0.25, 0.3) is 0 Å². The van der Waals surface area contributed by atoms with Crippen LogP contribution in [0.4, 0.5) is 0 Å². The van der Waals surface area contributed by atoms with Crippen LogP contribution < -0.4 is 10.6 Å². The number of aliphatic carboxylic acids is 1. The molecule has 1 aliphatic rings. The first-order valence-corrected chi connectivity index (χ1v) is 8.29. The Labute approximate surface area is 137 Å². The Kier molecular flexibility index (Phi) is 8.61. The lowest BCUT2D eigenvalue weighted by Crippen LogP contribution is -2.46. The van der Waals surface area contributed by atoms with Crippen molar-refractivity contribution in [3.05, 3.63) is 0 Å². The monoisotopic (exact) mass is 328 g/mol. The standard InChI is InChI=1S/C16H28N2O5/c1-11(2)9-13(16(21)22)18-15(20)10-17-14(19)7-6-12-5-3-4-8-23-12/h11-13H,3-10H2,1-2H3,(H,17,19)(H,18,20)(H,21,22)/t12?,13-/m0/s1. The molecule has 0 aromatic rings. The fourth-order valence-electron chi connectivity index (χ4n) is 2.53. The van der Waals surface area contributed by atoms with E-state index in [4.69, 9.17) is 9.84 Å². The molecule has 2 amide bonds. The molecule has 1 unspecified atom stereocenters. The number of hydrogen-bond donors (Lipinski definition) is 3. The van der Waals surface area contributed by atoms with E-state index in [1.807, 2.05) is 13.8 Å². The van der Waals surface area contributed by atoms with Gasteiger partial charge in [0.1, 0.15) is 6.04 Å². The average molecular weight is 328 g/mol. The Bertz CT molecular complexity index is 405. The van der Waals surface area contributed by atoms with Gasteiger partial charge in [-0.05, 0) is 38.0 Å². The van der Waals surface area contributed by atoms with Crippen LogP contribution in [-0.4, -0.2) is 48.2 Å². The number of nitrogens with one attached hydrogen (secondary N) is 2. The molecule has 0 bridgehead atoms. The summed E-state index contributed by atoms with van der Waals surface area (Å²) in [6.07, 6.45) is 4.62. The molecule has 1 aliphatic heterocycles. The zero-order valence-corrected chi connectivity index (χ0v) is 14.0. The topological polar surface area (TPSA) is 105 Å². The lowest BCUT2D eigenvalue weighted by Gasteiger charge is -2.22. The van der Waals surface area contributed by atoms with Gasteiger partial charge in [-0.1, -0.05) is 13.8 Å². The first-order chi connectivity index (χ1) is 10.9. The third-order valence-electron chi connectivity index (χ3n) is 3.75. The van der Waals surface area contributed by atoms with Gasteiger partial charge in [0.2, 0.25) is 11.8 Å². The lowest BCUT2D eigenvalue weighted by molar-refractivity contribution is -0.142. The van der Waals surface area contributed by atoms with Crippen LogP contribution >= 0.6 is 0 Å². The van der Waals surface area contributed by atoms with Crippen molar-refractivity contribution in [2.45, 2.75) is 64.5 Å². The molecule has 1 fully saturated rings. The van der Waals surface area contributed by atoms with Gasteiger partial charge in [-0.25, -0.2) is 4.79 Å². The maximum absolute atomic E-state index is 11.7. The summed E-state index contributed by atoms with van der Waals surface area (Å²) in [5.74, 6) is -1.61. The van der Waals surface area contributed by atoms with Crippen molar-refractivity contribution < 1.29 is 24.2 Å². The van der Waals surface area contributed by atoms with Crippen molar-refractivity contribution in [2.24, 2.45) is 5.92 Å². The highest BCUT2D eigenvalue weighted by Gasteiger charge is 2.21. The third-order valence-corrected chi connectivity index (χ3v) is 3.75. The largest absolute Gasteiger partial charge is 0.480 e. The third kappa shape index (κ3) is 8.54. The van der Waals surface area contributed by atoms with Gasteiger partial charge in [0.25, 0.3) is 0 Å². The van der Waals surface area contributed by atoms with Gasteiger partial charge in [0.05, 0.1) is 12.6 Å². The molecule has 0 aromatic heterocycles. The van der Waals surface area contributed by atoms with E-state index in [0.717, 1.165) is 25.9 Å². The van der Waals surface area contributed by atoms with E-state index >= 15 is 0 Å². The van der Waals surface area contributed by atoms with Crippen molar-refractivity contribution in [3.63, 3.8) is 0 Å². The van der Waals surface area contributed by atoms with E-state index in [1.54, 1.807) is 0 Å². The molecule has 0 saturated carbocycles. The maximum atomic E-state index is 11.7. The zero-order valence-electron chi connectivity index (χ0n) is 14.0. The molecule has 3 N–H and O–H groups in total. The fourth-order valence-corrected chi connectivity index (χ4v) is 2.53. The zero-order chi connectivity index (χ0) is 17.2. The normalized spacial score (nSPS) is 19.2. The number of hydrogen-bond acceptors (Lipinski definition) is 4. The molecular weight excluding hydrogens is 300 g/mol. The predicted molar refractivity (Wildman–Crippen MR) is 84.9 cm³/mol. The van der Waals surface area contributed by atoms with Crippen molar-refractivity contribution in [1.82, 2.24) is 10.6 Å². The quantitative estimate of drug-likeness (QED) is 0.587. The SMILES string of the molecule is CC(C)C[C@H](NC(=O)CNC(=O)CCC1CCCCO1)C(=O)O. The molecule has 1 heterocycles. The highest BCUT2D eigenvalue weighted by molar-refractivity contribution is 5.87. The number of carboxylic acids is 1. The summed E-state index contributed by atoms with van der Waals surface area (Å²) in [6, 6.07) is -0.921. The highest BCUT2D eigenvalue weighted by Crippen LogP contribution is 2.16. The van der Waals surface area contributed by atoms with Crippen molar-refractivity contribution >= 4 is 17.8 Å². The van der Waals surface area contributed by atoms with Gasteiger partial charge >= 0.3 is 5.97 Å². The Morgan fingerprint density at radius 3 is 2.52 bits per heavy atom. The molecular formula is C16H28N2O5. The van der Waals surface area contributed by atoms with Gasteiger partial charge in [0.15, 0.2) is 0 Å². The molecule has 0 aliphatic carbocycles. The molecule has 132 valence electrons. The Hall–Kier alpha value is -1.63. The minimum Gasteiger partial charge on any atom is -0.480 e. The Morgan fingerprint density at radius 1 is 1.22 bits per heavy atom. The Morgan fingerprint density at radius 2 is 1.96 bits per heavy atom. The Balaban J connectivity index is 2.22. The first-order valence-electron chi connectivity index (χ1n) is 8.29. The highest BCUT2D eigenvalue weighted by atomic mass is 16.5. The number of carbonyl (C=O) groups excluding carboxylic acids is 2. The van der Waals surface area contributed by atoms with Crippen LogP contribution in [0.2, 0.25) is 0 Å². The van der Waals surface area contributed by atoms with Gasteiger partial charge in [-0.15, -0.1) is 0 Å². The van der Waals surface area contributed by atoms with E-state index in [-0.39, 0.29) is 24.5 Å². The van der Waals surface area contributed by atoms with Crippen LogP contribution in [0.15, 0.2) is 0 Å². The second-order valence-corrected chi connectivity index (χ2v) is 6.39. The van der Waals surface area contributed by atoms with E-state index in [2.05, 4.69) is 10.6 Å². The van der Waals surface area contributed by atoms with Crippen LogP contribution in [0.5, 0.6) is 0 Å². The van der Waals surface area contributed by atoms with Crippen LogP contribution in [0.1, 0.15) is 52.4 Å². The summed E-state index contributed by atoms with van der Waals surface area (Å²) in [5, 5.41) is 14.0. The van der Waals surface area contributed by atoms with E-state index in [0.29, 0.717) is 19.3 Å². The molecule has 2 atom stereocenters. The summed E-state index contributed by atoms with van der Waals surface area (Å²) < 4.78 is 5.55. The summed E-state index contributed by atoms with van der Waals surface area (Å²) >= 11 is 0. The summed E-state index contributed by atoms with van der Waals surface area (Å²) in [6.45, 7) is 4.32. The molecule has 0 radical (unpaired) electrons. The minimum absolute atomic E-state index is 0.130. The number of carbonyl (C=O) groups is 3. The minimum atomic E-state index is -1.06. The van der Waals surface area contributed by atoms with Gasteiger partial charge in [-0.2, -0.15) is 0 Å². The summed E-state index contributed by atoms with van der Waals surface area (Å²) in [4.78, 5) is 34.5. The van der Waals surface area contributed by atoms with E-state index in [9.17, 15) is 14.4 Å². The van der Waals surface area contributed by atoms with Crippen molar-refractivity contribution in [1.29, 1.82) is 0 Å². The lowest BCUT2D eigenvalue weighted by atomic mass is 10.0. The number of amides is 2. The molecule has 1 saturated heterocycles. The number of carboxylic acid groups (broad SMARTS) is 1.